The molecule has 12 nitrogen and oxygen atoms in total. The van der Waals surface area contributed by atoms with Crippen molar-refractivity contribution in [1.29, 1.82) is 0 Å². The number of aromatic nitrogens is 10. The van der Waals surface area contributed by atoms with Crippen LogP contribution in [-0.2, 0) is 12.8 Å². The quantitative estimate of drug-likeness (QED) is 0.0999. The van der Waals surface area contributed by atoms with Crippen molar-refractivity contribution in [3.63, 3.8) is 0 Å². The molecule has 0 atom stereocenters. The van der Waals surface area contributed by atoms with E-state index in [1.807, 2.05) is 152 Å². The summed E-state index contributed by atoms with van der Waals surface area (Å²) in [6.45, 7) is 0. The average Bonchev–Trinajstić information content (AvgIpc) is 1.57. The Kier molecular flexibility index (Phi) is 20.3. The van der Waals surface area contributed by atoms with Crippen LogP contribution in [0.2, 0.25) is 0 Å². The predicted molar refractivity (Wildman–Crippen MR) is 538 cm³/mol. The van der Waals surface area contributed by atoms with Crippen molar-refractivity contribution in [3.05, 3.63) is 429 Å². The van der Waals surface area contributed by atoms with Crippen LogP contribution < -0.4 is 0 Å². The molecule has 0 amide bonds. The van der Waals surface area contributed by atoms with Crippen LogP contribution in [0.4, 0.5) is 0 Å². The molecule has 8 aromatic heterocycles. The van der Waals surface area contributed by atoms with Gasteiger partial charge in [-0.2, -0.15) is 0 Å². The smallest absolute Gasteiger partial charge is 0.164 e. The van der Waals surface area contributed by atoms with E-state index in [0.29, 0.717) is 34.9 Å². The normalized spacial score (nSPS) is 11.5. The maximum absolute atomic E-state index is 6.52. The van der Waals surface area contributed by atoms with Gasteiger partial charge in [-0.3, -0.25) is 0 Å². The Hall–Kier alpha value is -15.5. The number of furan rings is 2. The second-order valence-corrected chi connectivity index (χ2v) is 32.7. The summed E-state index contributed by atoms with van der Waals surface area (Å²) in [6.07, 6.45) is 0. The summed E-state index contributed by atoms with van der Waals surface area (Å²) >= 11 is 9.44. The van der Waals surface area contributed by atoms with Crippen LogP contribution >= 0.6 is 36.3 Å². The largest absolute Gasteiger partial charge is 0.456 e. The molecular weight excluding hydrogens is 1810 g/mol. The van der Waals surface area contributed by atoms with Gasteiger partial charge in [-0.25, -0.2) is 29.9 Å². The molecule has 0 aliphatic rings. The summed E-state index contributed by atoms with van der Waals surface area (Å²) in [5, 5.41) is 13.8. The molecule has 8 heterocycles. The second-order valence-electron chi connectivity index (χ2n) is 31.8. The minimum Gasteiger partial charge on any atom is -0.456 e. The standard InChI is InChI=1S/C57H35N5O.C39H24N4O.C18H12BrN.Cu.HI/c1-4-15-36(16-5-1)55-58-56(37-17-6-2-7-18-37)60-57(59-55)44-23-14-26-53-54(44)47-34-39(28-32-52(47)63-53)38-27-30-50-45(33-38)42-21-10-13-25-49(42)62(50)41-29-31-51-46(35-41)43-22-11-12-24-48(43)61(51)40-19-8-3-9-20-40;1-3-10-24(11-4-1)37-41-38(25-12-5-2-6-13-25)43-39(42-37)29-15-9-17-35-36(29)31-23-27(19-21-34(31)44-35)26-18-20-33-30(22-26)28-14-7-8-16-32(28)40-33;19-13-10-11-18-16(12-13)15-8-4-5-9-17(15)20(18)14-6-2-1-3-7-14;;/h1-35H;1-23,40H;1-12H;;1H/q;;;+1;/p-1. The number of hydrogen-bond acceptors (Lipinski definition) is 8. The number of H-pyrrole nitrogens is 1. The molecule has 26 aromatic rings. The van der Waals surface area contributed by atoms with Gasteiger partial charge in [-0.15, -0.1) is 0 Å². The number of nitrogens with one attached hydrogen (secondary N) is 1. The maximum atomic E-state index is 6.52. The van der Waals surface area contributed by atoms with Gasteiger partial charge < -0.3 is 27.5 Å². The molecule has 0 radical (unpaired) electrons. The van der Waals surface area contributed by atoms with E-state index in [-0.39, 0.29) is 0 Å². The molecule has 0 saturated heterocycles. The number of halogens is 2. The second kappa shape index (κ2) is 33.4. The summed E-state index contributed by atoms with van der Waals surface area (Å²) in [7, 11) is 0. The molecule has 1 N–H and O–H groups in total. The molecule has 15 heteroatoms. The molecule has 26 rings (SSSR count). The van der Waals surface area contributed by atoms with Crippen LogP contribution in [0, 0.1) is 0 Å². The average molecular weight is 1880 g/mol. The Morgan fingerprint density at radius 2 is 0.535 bits per heavy atom. The minimum absolute atomic E-state index is 0.596. The number of hydrogen-bond donors (Lipinski definition) is 1. The van der Waals surface area contributed by atoms with E-state index in [1.54, 1.807) is 20.3 Å². The van der Waals surface area contributed by atoms with E-state index in [4.69, 9.17) is 38.7 Å². The van der Waals surface area contributed by atoms with E-state index < -0.39 is 0 Å². The van der Waals surface area contributed by atoms with Crippen molar-refractivity contribution in [3.8, 4) is 108 Å². The van der Waals surface area contributed by atoms with Crippen molar-refractivity contribution < 1.29 is 21.6 Å². The fourth-order valence-corrected chi connectivity index (χ4v) is 18.8. The maximum Gasteiger partial charge on any atom is 0.164 e. The Morgan fingerprint density at radius 1 is 0.217 bits per heavy atom. The molecule has 18 aromatic carbocycles. The van der Waals surface area contributed by atoms with Crippen molar-refractivity contribution in [1.82, 2.24) is 48.6 Å². The summed E-state index contributed by atoms with van der Waals surface area (Å²) in [6, 6.07) is 148. The van der Waals surface area contributed by atoms with Crippen LogP contribution in [0.5, 0.6) is 0 Å². The van der Waals surface area contributed by atoms with E-state index in [9.17, 15) is 0 Å². The minimum atomic E-state index is 0.596. The van der Waals surface area contributed by atoms with Gasteiger partial charge in [0.15, 0.2) is 34.9 Å². The van der Waals surface area contributed by atoms with Crippen LogP contribution in [0.3, 0.4) is 0 Å². The Balaban J connectivity index is 0.000000124. The van der Waals surface area contributed by atoms with E-state index in [0.717, 1.165) is 132 Å². The van der Waals surface area contributed by atoms with Crippen molar-refractivity contribution in [2.24, 2.45) is 0 Å². The van der Waals surface area contributed by atoms with E-state index in [2.05, 4.69) is 320 Å². The van der Waals surface area contributed by atoms with Gasteiger partial charge in [0.05, 0.1) is 33.1 Å². The SMILES string of the molecule is Brc1ccc2c(c1)c1ccccc1n2-c1ccccc1.[Cu][I].c1ccc(-c2nc(-c3ccccc3)nc(-c3cccc4oc5ccc(-c6ccc7[nH]c8ccccc8c7c6)cc5c34)n2)cc1.c1ccc(-c2nc(-c3ccccc3)nc(-c3cccc4oc5ccc(-c6ccc7c(c6)c6ccccc6n7-c6ccc7c(c6)c6ccccc6n7-c6ccccc6)cc5c34)n2)cc1. The number of para-hydroxylation sites is 6. The molecule has 0 unspecified atom stereocenters. The van der Waals surface area contributed by atoms with Gasteiger partial charge in [-0.05, 0) is 168 Å². The number of rotatable bonds is 11. The number of nitrogens with zero attached hydrogens (tertiary/aromatic N) is 9. The van der Waals surface area contributed by atoms with Gasteiger partial charge in [0.2, 0.25) is 0 Å². The number of fused-ring (bicyclic) bond motifs is 18. The fourth-order valence-electron chi connectivity index (χ4n) is 18.5. The topological polar surface area (TPSA) is 134 Å². The van der Waals surface area contributed by atoms with E-state index >= 15 is 0 Å². The first-order valence-corrected chi connectivity index (χ1v) is 46.3. The molecular formula is C114H71BrCuIN10O2. The molecule has 0 bridgehead atoms. The Labute approximate surface area is 767 Å². The van der Waals surface area contributed by atoms with Gasteiger partial charge in [0.25, 0.3) is 0 Å². The van der Waals surface area contributed by atoms with E-state index in [1.165, 1.54) is 76.4 Å². The van der Waals surface area contributed by atoms with Gasteiger partial charge >= 0.3 is 33.1 Å². The first-order valence-electron chi connectivity index (χ1n) is 42.5. The first kappa shape index (κ1) is 78.2. The summed E-state index contributed by atoms with van der Waals surface area (Å²) < 4.78 is 21.1. The zero-order chi connectivity index (χ0) is 86.0. The van der Waals surface area contributed by atoms with Gasteiger partial charge in [0, 0.05) is 131 Å². The van der Waals surface area contributed by atoms with Crippen LogP contribution in [-0.4, -0.2) is 48.6 Å². The zero-order valence-corrected chi connectivity index (χ0v) is 73.5. The Morgan fingerprint density at radius 3 is 0.984 bits per heavy atom. The molecule has 0 saturated carbocycles. The third kappa shape index (κ3) is 14.3. The molecule has 0 aliphatic heterocycles. The summed E-state index contributed by atoms with van der Waals surface area (Å²) in [5.41, 5.74) is 26.1. The molecule has 129 heavy (non-hydrogen) atoms. The monoisotopic (exact) mass is 1880 g/mol. The van der Waals surface area contributed by atoms with Crippen molar-refractivity contribution >= 4 is 167 Å². The predicted octanol–water partition coefficient (Wildman–Crippen LogP) is 31.1. The zero-order valence-electron chi connectivity index (χ0n) is 68.8. The number of benzene rings is 18. The van der Waals surface area contributed by atoms with Gasteiger partial charge in [-0.1, -0.05) is 295 Å². The van der Waals surface area contributed by atoms with Crippen LogP contribution in [0.1, 0.15) is 0 Å². The van der Waals surface area contributed by atoms with Gasteiger partial charge in [0.1, 0.15) is 22.3 Å². The molecule has 0 aliphatic carbocycles. The van der Waals surface area contributed by atoms with Crippen molar-refractivity contribution in [2.45, 2.75) is 0 Å². The molecule has 0 spiro atoms. The third-order valence-electron chi connectivity index (χ3n) is 24.3. The third-order valence-corrected chi connectivity index (χ3v) is 24.8. The summed E-state index contributed by atoms with van der Waals surface area (Å²) in [5.74, 6) is 3.71. The summed E-state index contributed by atoms with van der Waals surface area (Å²) in [4.78, 5) is 33.5. The number of aromatic amines is 1. The van der Waals surface area contributed by atoms with Crippen LogP contribution in [0.25, 0.3) is 239 Å². The van der Waals surface area contributed by atoms with Crippen LogP contribution in [0.15, 0.2) is 438 Å². The Bertz CT molecular complexity index is 8690. The van der Waals surface area contributed by atoms with Crippen molar-refractivity contribution in [2.75, 3.05) is 0 Å². The first-order chi connectivity index (χ1) is 63.9. The molecule has 614 valence electrons. The molecule has 0 fully saturated rings. The fraction of sp³-hybridized carbons (Fsp3) is 0.